The normalized spacial score (nSPS) is 16.8. The van der Waals surface area contributed by atoms with Crippen LogP contribution >= 0.6 is 11.8 Å². The number of hydrogen-bond donors (Lipinski definition) is 0. The Morgan fingerprint density at radius 2 is 1.89 bits per heavy atom. The Morgan fingerprint density at radius 3 is 2.59 bits per heavy atom. The number of nitrogens with zero attached hydrogens (tertiary/aromatic N) is 3. The van der Waals surface area contributed by atoms with Crippen LogP contribution in [0.15, 0.2) is 82.0 Å². The molecule has 194 valence electrons. The summed E-state index contributed by atoms with van der Waals surface area (Å²) in [5, 5.41) is 2.69. The zero-order valence-corrected chi connectivity index (χ0v) is 22.7. The fourth-order valence-electron chi connectivity index (χ4n) is 4.21. The van der Waals surface area contributed by atoms with E-state index in [4.69, 9.17) is 14.5 Å². The molecule has 2 heterocycles. The number of carbonyl (C=O) groups excluding carboxylic acids is 2. The smallest absolute Gasteiger partial charge is 0.338 e. The first kappa shape index (κ1) is 26.5. The first-order valence-corrected chi connectivity index (χ1v) is 13.3. The maximum absolute atomic E-state index is 13.4. The van der Waals surface area contributed by atoms with E-state index >= 15 is 0 Å². The van der Waals surface area contributed by atoms with E-state index in [1.54, 1.807) is 11.9 Å². The quantitative estimate of drug-likeness (QED) is 0.398. The van der Waals surface area contributed by atoms with Crippen molar-refractivity contribution in [3.05, 3.63) is 88.1 Å². The molecule has 2 aromatic rings. The number of amidine groups is 1. The van der Waals surface area contributed by atoms with Gasteiger partial charge in [0.15, 0.2) is 5.17 Å². The van der Waals surface area contributed by atoms with Gasteiger partial charge in [-0.15, -0.1) is 0 Å². The topological polar surface area (TPSA) is 71.4 Å². The highest BCUT2D eigenvalue weighted by atomic mass is 32.2. The minimum atomic E-state index is -0.500. The lowest BCUT2D eigenvalue weighted by Gasteiger charge is -2.36. The Labute approximate surface area is 222 Å². The molecule has 0 saturated carbocycles. The maximum atomic E-state index is 13.4. The number of rotatable bonds is 9. The van der Waals surface area contributed by atoms with Crippen LogP contribution in [-0.4, -0.2) is 46.5 Å². The fraction of sp³-hybridized carbons (Fsp3) is 0.345. The van der Waals surface area contributed by atoms with Crippen molar-refractivity contribution in [1.82, 2.24) is 9.80 Å². The van der Waals surface area contributed by atoms with E-state index in [1.165, 1.54) is 11.8 Å². The number of carbonyl (C=O) groups is 2. The third kappa shape index (κ3) is 6.07. The first-order chi connectivity index (χ1) is 17.8. The van der Waals surface area contributed by atoms with Gasteiger partial charge in [0.1, 0.15) is 12.4 Å². The Kier molecular flexibility index (Phi) is 8.38. The number of ether oxygens (including phenoxy) is 2. The monoisotopic (exact) mass is 519 g/mol. The van der Waals surface area contributed by atoms with Gasteiger partial charge in [0.2, 0.25) is 5.91 Å². The van der Waals surface area contributed by atoms with Gasteiger partial charge in [0.05, 0.1) is 29.8 Å². The number of amides is 1. The molecule has 1 amide bonds. The highest BCUT2D eigenvalue weighted by Crippen LogP contribution is 2.45. The molecule has 0 aliphatic carbocycles. The summed E-state index contributed by atoms with van der Waals surface area (Å²) in [6.45, 7) is 8.48. The molecule has 8 heteroatoms. The largest absolute Gasteiger partial charge is 0.489 e. The zero-order chi connectivity index (χ0) is 26.5. The van der Waals surface area contributed by atoms with Gasteiger partial charge < -0.3 is 19.3 Å². The molecule has 4 rings (SSSR count). The van der Waals surface area contributed by atoms with Crippen molar-refractivity contribution in [2.75, 3.05) is 13.6 Å². The highest BCUT2D eigenvalue weighted by molar-refractivity contribution is 8.16. The molecule has 37 heavy (non-hydrogen) atoms. The molecular weight excluding hydrogens is 486 g/mol. The van der Waals surface area contributed by atoms with Crippen LogP contribution in [-0.2, 0) is 20.9 Å². The molecule has 2 aromatic carbocycles. The number of thioether (sulfide) groups is 1. The first-order valence-electron chi connectivity index (χ1n) is 12.4. The lowest BCUT2D eigenvalue weighted by molar-refractivity contribution is -0.143. The number of aliphatic imine (C=N–C) groups is 1. The van der Waals surface area contributed by atoms with Crippen LogP contribution in [0.25, 0.3) is 0 Å². The molecule has 0 spiro atoms. The molecule has 0 bridgehead atoms. The van der Waals surface area contributed by atoms with Gasteiger partial charge in [0, 0.05) is 19.3 Å². The van der Waals surface area contributed by atoms with Crippen LogP contribution in [0.1, 0.15) is 51.3 Å². The molecule has 0 fully saturated rings. The molecular formula is C29H33N3O4S. The van der Waals surface area contributed by atoms with Crippen LogP contribution in [0.5, 0.6) is 5.75 Å². The van der Waals surface area contributed by atoms with E-state index in [-0.39, 0.29) is 18.4 Å². The van der Waals surface area contributed by atoms with Crippen LogP contribution < -0.4 is 4.74 Å². The van der Waals surface area contributed by atoms with E-state index < -0.39 is 12.0 Å². The van der Waals surface area contributed by atoms with Gasteiger partial charge in [-0.05, 0) is 56.4 Å². The number of fused-ring (bicyclic) bond motifs is 1. The van der Waals surface area contributed by atoms with Gasteiger partial charge in [-0.2, -0.15) is 0 Å². The summed E-state index contributed by atoms with van der Waals surface area (Å²) in [6.07, 6.45) is -0.0649. The van der Waals surface area contributed by atoms with Crippen molar-refractivity contribution < 1.29 is 19.1 Å². The summed E-state index contributed by atoms with van der Waals surface area (Å²) in [4.78, 5) is 34.6. The van der Waals surface area contributed by atoms with Gasteiger partial charge in [0.25, 0.3) is 0 Å². The SMILES string of the molecule is CCN(C)C(=O)CC1=CSC2=NC(C)=C(C(=O)OC(C)C)[C@H](c3cccc(OCc4ccccc4)c3)N12. The second-order valence-corrected chi connectivity index (χ2v) is 10.1. The molecule has 1 atom stereocenters. The second kappa shape index (κ2) is 11.7. The van der Waals surface area contributed by atoms with Gasteiger partial charge >= 0.3 is 5.97 Å². The van der Waals surface area contributed by atoms with E-state index in [9.17, 15) is 9.59 Å². The summed E-state index contributed by atoms with van der Waals surface area (Å²) >= 11 is 1.46. The van der Waals surface area contributed by atoms with Gasteiger partial charge in [-0.25, -0.2) is 9.79 Å². The van der Waals surface area contributed by atoms with Crippen molar-refractivity contribution in [3.63, 3.8) is 0 Å². The third-order valence-electron chi connectivity index (χ3n) is 6.22. The lowest BCUT2D eigenvalue weighted by Crippen LogP contribution is -2.38. The summed E-state index contributed by atoms with van der Waals surface area (Å²) in [7, 11) is 1.79. The van der Waals surface area contributed by atoms with Crippen LogP contribution in [0.4, 0.5) is 0 Å². The lowest BCUT2D eigenvalue weighted by atomic mass is 9.93. The van der Waals surface area contributed by atoms with Gasteiger partial charge in [-0.1, -0.05) is 54.2 Å². The van der Waals surface area contributed by atoms with Crippen LogP contribution in [0.3, 0.4) is 0 Å². The average Bonchev–Trinajstić information content (AvgIpc) is 3.28. The van der Waals surface area contributed by atoms with Crippen molar-refractivity contribution >= 4 is 28.8 Å². The molecule has 0 radical (unpaired) electrons. The average molecular weight is 520 g/mol. The number of benzene rings is 2. The summed E-state index contributed by atoms with van der Waals surface area (Å²) in [5.41, 5.74) is 3.80. The van der Waals surface area contributed by atoms with Crippen molar-refractivity contribution in [3.8, 4) is 5.75 Å². The van der Waals surface area contributed by atoms with Crippen molar-refractivity contribution in [2.45, 2.75) is 52.9 Å². The van der Waals surface area contributed by atoms with E-state index in [2.05, 4.69) is 0 Å². The minimum Gasteiger partial charge on any atom is -0.489 e. The Bertz CT molecular complexity index is 1250. The molecule has 2 aliphatic heterocycles. The standard InChI is InChI=1S/C29H33N3O4S/c1-6-31(5)25(33)16-23-18-37-29-30-20(4)26(28(34)36-19(2)3)27(32(23)29)22-13-10-14-24(15-22)35-17-21-11-8-7-9-12-21/h7-15,18-19,27H,6,16-17H2,1-5H3/t27-/m0/s1. The number of esters is 1. The molecule has 7 nitrogen and oxygen atoms in total. The van der Waals surface area contributed by atoms with Crippen molar-refractivity contribution in [1.29, 1.82) is 0 Å². The van der Waals surface area contributed by atoms with E-state index in [0.29, 0.717) is 30.2 Å². The van der Waals surface area contributed by atoms with E-state index in [0.717, 1.165) is 22.0 Å². The summed E-state index contributed by atoms with van der Waals surface area (Å²) < 4.78 is 11.7. The summed E-state index contributed by atoms with van der Waals surface area (Å²) in [6, 6.07) is 17.2. The third-order valence-corrected chi connectivity index (χ3v) is 7.11. The predicted molar refractivity (Wildman–Crippen MR) is 147 cm³/mol. The van der Waals surface area contributed by atoms with E-state index in [1.807, 2.05) is 92.6 Å². The Hall–Kier alpha value is -3.52. The molecule has 0 saturated heterocycles. The molecule has 0 aromatic heterocycles. The Morgan fingerprint density at radius 1 is 1.14 bits per heavy atom. The van der Waals surface area contributed by atoms with Crippen LogP contribution in [0.2, 0.25) is 0 Å². The zero-order valence-electron chi connectivity index (χ0n) is 21.9. The molecule has 0 unspecified atom stereocenters. The van der Waals surface area contributed by atoms with Crippen LogP contribution in [0, 0.1) is 0 Å². The maximum Gasteiger partial charge on any atom is 0.338 e. The highest BCUT2D eigenvalue weighted by Gasteiger charge is 2.41. The van der Waals surface area contributed by atoms with Gasteiger partial charge in [-0.3, -0.25) is 4.79 Å². The number of hydrogen-bond acceptors (Lipinski definition) is 7. The fourth-order valence-corrected chi connectivity index (χ4v) is 5.17. The molecule has 0 N–H and O–H groups in total. The summed E-state index contributed by atoms with van der Waals surface area (Å²) in [5.74, 6) is 0.287. The Balaban J connectivity index is 1.70. The minimum absolute atomic E-state index is 0.00637. The second-order valence-electron chi connectivity index (χ2n) is 9.28. The molecule has 2 aliphatic rings. The van der Waals surface area contributed by atoms with Crippen molar-refractivity contribution in [2.24, 2.45) is 4.99 Å². The number of allylic oxidation sites excluding steroid dienone is 1. The predicted octanol–water partition coefficient (Wildman–Crippen LogP) is 5.66.